The third-order valence-electron chi connectivity index (χ3n) is 2.90. The Morgan fingerprint density at radius 2 is 2.33 bits per heavy atom. The first kappa shape index (κ1) is 10.2. The minimum atomic E-state index is -0.454. The van der Waals surface area contributed by atoms with Crippen LogP contribution in [-0.2, 0) is 0 Å². The van der Waals surface area contributed by atoms with Gasteiger partial charge in [0.15, 0.2) is 0 Å². The van der Waals surface area contributed by atoms with Gasteiger partial charge in [-0.25, -0.2) is 0 Å². The van der Waals surface area contributed by atoms with E-state index in [1.165, 1.54) is 12.3 Å². The van der Waals surface area contributed by atoms with Crippen LogP contribution in [0.3, 0.4) is 0 Å². The van der Waals surface area contributed by atoms with Crippen molar-refractivity contribution in [1.29, 1.82) is 0 Å². The number of carbonyl (C=O) groups excluding carboxylic acids is 1. The fourth-order valence-corrected chi connectivity index (χ4v) is 2.01. The minimum Gasteiger partial charge on any atom is -0.394 e. The van der Waals surface area contributed by atoms with E-state index in [0.29, 0.717) is 0 Å². The summed E-state index contributed by atoms with van der Waals surface area (Å²) in [6.07, 6.45) is 5.15. The lowest BCUT2D eigenvalue weighted by molar-refractivity contribution is 0.0802. The van der Waals surface area contributed by atoms with Crippen molar-refractivity contribution >= 4 is 5.91 Å². The molecule has 0 unspecified atom stereocenters. The van der Waals surface area contributed by atoms with E-state index < -0.39 is 5.54 Å². The number of rotatable bonds is 3. The molecule has 1 fully saturated rings. The monoisotopic (exact) mass is 210 g/mol. The van der Waals surface area contributed by atoms with Crippen LogP contribution in [-0.4, -0.2) is 28.3 Å². The molecule has 0 bridgehead atoms. The van der Waals surface area contributed by atoms with Crippen LogP contribution in [0, 0.1) is 0 Å². The third-order valence-corrected chi connectivity index (χ3v) is 2.90. The van der Waals surface area contributed by atoms with Crippen LogP contribution in [0.1, 0.15) is 36.2 Å². The second-order valence-electron chi connectivity index (χ2n) is 3.98. The highest BCUT2D eigenvalue weighted by Gasteiger charge is 2.35. The highest BCUT2D eigenvalue weighted by atomic mass is 16.5. The molecule has 1 aromatic heterocycles. The van der Waals surface area contributed by atoms with E-state index in [-0.39, 0.29) is 18.3 Å². The number of hydrogen-bond donors (Lipinski definition) is 2. The largest absolute Gasteiger partial charge is 0.394 e. The van der Waals surface area contributed by atoms with Crippen molar-refractivity contribution in [2.45, 2.75) is 31.2 Å². The molecule has 5 heteroatoms. The summed E-state index contributed by atoms with van der Waals surface area (Å²) in [7, 11) is 0. The maximum absolute atomic E-state index is 11.7. The average molecular weight is 210 g/mol. The Morgan fingerprint density at radius 3 is 2.87 bits per heavy atom. The topological polar surface area (TPSA) is 75.4 Å². The van der Waals surface area contributed by atoms with Crippen molar-refractivity contribution in [3.05, 3.63) is 18.0 Å². The number of aliphatic hydroxyl groups excluding tert-OH is 1. The van der Waals surface area contributed by atoms with Gasteiger partial charge in [-0.3, -0.25) is 4.79 Å². The summed E-state index contributed by atoms with van der Waals surface area (Å²) in [5.41, 5.74) is -0.454. The number of nitrogens with zero attached hydrogens (tertiary/aromatic N) is 1. The van der Waals surface area contributed by atoms with Crippen LogP contribution in [0.2, 0.25) is 0 Å². The van der Waals surface area contributed by atoms with Gasteiger partial charge >= 0.3 is 0 Å². The van der Waals surface area contributed by atoms with Crippen molar-refractivity contribution in [2.24, 2.45) is 0 Å². The van der Waals surface area contributed by atoms with Crippen molar-refractivity contribution in [3.63, 3.8) is 0 Å². The van der Waals surface area contributed by atoms with E-state index in [0.717, 1.165) is 25.7 Å². The molecule has 0 spiro atoms. The molecule has 0 radical (unpaired) electrons. The summed E-state index contributed by atoms with van der Waals surface area (Å²) >= 11 is 0. The first-order valence-corrected chi connectivity index (χ1v) is 5.10. The molecule has 1 heterocycles. The van der Waals surface area contributed by atoms with E-state index in [9.17, 15) is 9.90 Å². The number of amides is 1. The molecular weight excluding hydrogens is 196 g/mol. The highest BCUT2D eigenvalue weighted by Crippen LogP contribution is 2.29. The molecule has 82 valence electrons. The van der Waals surface area contributed by atoms with Gasteiger partial charge in [0.1, 0.15) is 0 Å². The zero-order valence-corrected chi connectivity index (χ0v) is 8.40. The second-order valence-corrected chi connectivity index (χ2v) is 3.98. The molecule has 0 saturated heterocycles. The summed E-state index contributed by atoms with van der Waals surface area (Å²) in [5.74, 6) is -0.113. The lowest BCUT2D eigenvalue weighted by Crippen LogP contribution is -2.49. The van der Waals surface area contributed by atoms with Crippen molar-refractivity contribution in [3.8, 4) is 0 Å². The van der Waals surface area contributed by atoms with Gasteiger partial charge in [-0.1, -0.05) is 18.0 Å². The molecule has 2 N–H and O–H groups in total. The van der Waals surface area contributed by atoms with Gasteiger partial charge in [-0.15, -0.1) is 0 Å². The molecular formula is C10H14N2O3. The summed E-state index contributed by atoms with van der Waals surface area (Å²) < 4.78 is 4.75. The van der Waals surface area contributed by atoms with E-state index in [1.807, 2.05) is 0 Å². The molecule has 0 aromatic carbocycles. The van der Waals surface area contributed by atoms with E-state index >= 15 is 0 Å². The van der Waals surface area contributed by atoms with E-state index in [2.05, 4.69) is 10.5 Å². The SMILES string of the molecule is O=C(NC1(CO)CCCC1)c1ccno1. The van der Waals surface area contributed by atoms with Crippen LogP contribution in [0.15, 0.2) is 16.8 Å². The first-order valence-electron chi connectivity index (χ1n) is 5.10. The van der Waals surface area contributed by atoms with E-state index in [4.69, 9.17) is 4.52 Å². The minimum absolute atomic E-state index is 0.0210. The molecule has 1 amide bonds. The fourth-order valence-electron chi connectivity index (χ4n) is 2.01. The number of nitrogens with one attached hydrogen (secondary N) is 1. The molecule has 0 aliphatic heterocycles. The van der Waals surface area contributed by atoms with Crippen LogP contribution >= 0.6 is 0 Å². The third kappa shape index (κ3) is 2.02. The van der Waals surface area contributed by atoms with Crippen LogP contribution in [0.4, 0.5) is 0 Å². The normalized spacial score (nSPS) is 19.0. The number of aromatic nitrogens is 1. The van der Waals surface area contributed by atoms with Gasteiger partial charge in [0.05, 0.1) is 18.3 Å². The molecule has 2 rings (SSSR count). The van der Waals surface area contributed by atoms with Gasteiger partial charge in [-0.05, 0) is 12.8 Å². The Morgan fingerprint density at radius 1 is 1.60 bits per heavy atom. The van der Waals surface area contributed by atoms with Gasteiger partial charge in [0.2, 0.25) is 5.76 Å². The Labute approximate surface area is 87.5 Å². The van der Waals surface area contributed by atoms with Crippen LogP contribution in [0.25, 0.3) is 0 Å². The quantitative estimate of drug-likeness (QED) is 0.770. The van der Waals surface area contributed by atoms with Crippen LogP contribution in [0.5, 0.6) is 0 Å². The molecule has 5 nitrogen and oxygen atoms in total. The maximum atomic E-state index is 11.7. The smallest absolute Gasteiger partial charge is 0.290 e. The maximum Gasteiger partial charge on any atom is 0.290 e. The highest BCUT2D eigenvalue weighted by molar-refractivity contribution is 5.91. The predicted molar refractivity (Wildman–Crippen MR) is 52.3 cm³/mol. The van der Waals surface area contributed by atoms with Crippen molar-refractivity contribution in [2.75, 3.05) is 6.61 Å². The summed E-state index contributed by atoms with van der Waals surface area (Å²) in [5, 5.41) is 15.6. The predicted octanol–water partition coefficient (Wildman–Crippen LogP) is 0.709. The Bertz CT molecular complexity index is 328. The Balaban J connectivity index is 2.04. The molecule has 0 atom stereocenters. The molecule has 1 aliphatic carbocycles. The lowest BCUT2D eigenvalue weighted by Gasteiger charge is -2.27. The average Bonchev–Trinajstić information content (AvgIpc) is 2.88. The van der Waals surface area contributed by atoms with Gasteiger partial charge in [0.25, 0.3) is 5.91 Å². The summed E-state index contributed by atoms with van der Waals surface area (Å²) in [6.45, 7) is -0.0210. The Kier molecular flexibility index (Phi) is 2.73. The first-order chi connectivity index (χ1) is 7.26. The molecule has 1 aromatic rings. The Hall–Kier alpha value is -1.36. The van der Waals surface area contributed by atoms with Gasteiger partial charge < -0.3 is 14.9 Å². The number of hydrogen-bond acceptors (Lipinski definition) is 4. The summed E-state index contributed by atoms with van der Waals surface area (Å²) in [4.78, 5) is 11.7. The summed E-state index contributed by atoms with van der Waals surface area (Å²) in [6, 6.07) is 1.51. The molecule has 1 aliphatic rings. The van der Waals surface area contributed by atoms with Gasteiger partial charge in [0, 0.05) is 6.07 Å². The lowest BCUT2D eigenvalue weighted by atomic mass is 9.99. The molecule has 15 heavy (non-hydrogen) atoms. The van der Waals surface area contributed by atoms with Crippen molar-refractivity contribution in [1.82, 2.24) is 10.5 Å². The number of aliphatic hydroxyl groups is 1. The number of carbonyl (C=O) groups is 1. The van der Waals surface area contributed by atoms with Crippen LogP contribution < -0.4 is 5.32 Å². The zero-order valence-electron chi connectivity index (χ0n) is 8.40. The van der Waals surface area contributed by atoms with Crippen molar-refractivity contribution < 1.29 is 14.4 Å². The zero-order chi connectivity index (χ0) is 10.7. The molecule has 1 saturated carbocycles. The fraction of sp³-hybridized carbons (Fsp3) is 0.600. The second kappa shape index (κ2) is 4.02. The standard InChI is InChI=1S/C10H14N2O3/c13-7-10(4-1-2-5-10)12-9(14)8-3-6-11-15-8/h3,6,13H,1-2,4-5,7H2,(H,12,14). The van der Waals surface area contributed by atoms with E-state index in [1.54, 1.807) is 0 Å². The van der Waals surface area contributed by atoms with Gasteiger partial charge in [-0.2, -0.15) is 0 Å².